The zero-order valence-corrected chi connectivity index (χ0v) is 17.0. The summed E-state index contributed by atoms with van der Waals surface area (Å²) in [4.78, 5) is 9.74. The molecule has 0 bridgehead atoms. The van der Waals surface area contributed by atoms with Gasteiger partial charge in [-0.25, -0.2) is 9.97 Å². The molecule has 0 spiro atoms. The second kappa shape index (κ2) is 7.88. The van der Waals surface area contributed by atoms with Crippen LogP contribution in [0, 0.1) is 20.8 Å². The Bertz CT molecular complexity index is 989. The van der Waals surface area contributed by atoms with Gasteiger partial charge in [0.15, 0.2) is 0 Å². The molecule has 27 heavy (non-hydrogen) atoms. The molecule has 6 heteroatoms. The first-order chi connectivity index (χ1) is 12.9. The van der Waals surface area contributed by atoms with E-state index in [1.54, 1.807) is 14.2 Å². The summed E-state index contributed by atoms with van der Waals surface area (Å²) in [7, 11) is 3.28. The number of benzene rings is 2. The second-order valence-corrected chi connectivity index (χ2v) is 7.38. The zero-order chi connectivity index (χ0) is 19.6. The molecule has 0 aliphatic rings. The van der Waals surface area contributed by atoms with Crippen molar-refractivity contribution < 1.29 is 9.47 Å². The molecule has 0 fully saturated rings. The Morgan fingerprint density at radius 1 is 0.852 bits per heavy atom. The van der Waals surface area contributed by atoms with Crippen LogP contribution >= 0.6 is 11.8 Å². The van der Waals surface area contributed by atoms with Crippen LogP contribution in [-0.2, 0) is 0 Å². The second-order valence-electron chi connectivity index (χ2n) is 6.32. The molecule has 1 heterocycles. The van der Waals surface area contributed by atoms with Crippen molar-refractivity contribution in [3.05, 3.63) is 53.1 Å². The van der Waals surface area contributed by atoms with Crippen LogP contribution in [0.25, 0.3) is 11.3 Å². The zero-order valence-electron chi connectivity index (χ0n) is 16.2. The van der Waals surface area contributed by atoms with Crippen LogP contribution < -0.4 is 15.2 Å². The molecule has 0 amide bonds. The average molecular weight is 382 g/mol. The fraction of sp³-hybridized carbons (Fsp3) is 0.238. The van der Waals surface area contributed by atoms with Crippen molar-refractivity contribution in [2.24, 2.45) is 0 Å². The van der Waals surface area contributed by atoms with Gasteiger partial charge in [0, 0.05) is 5.56 Å². The van der Waals surface area contributed by atoms with Crippen LogP contribution in [0.3, 0.4) is 0 Å². The number of aromatic nitrogens is 2. The first kappa shape index (κ1) is 19.0. The summed E-state index contributed by atoms with van der Waals surface area (Å²) in [6, 6.07) is 11.9. The van der Waals surface area contributed by atoms with Crippen molar-refractivity contribution in [1.82, 2.24) is 9.97 Å². The third kappa shape index (κ3) is 4.17. The highest BCUT2D eigenvalue weighted by molar-refractivity contribution is 7.99. The topological polar surface area (TPSA) is 70.3 Å². The van der Waals surface area contributed by atoms with E-state index in [-0.39, 0.29) is 5.95 Å². The predicted molar refractivity (Wildman–Crippen MR) is 110 cm³/mol. The summed E-state index contributed by atoms with van der Waals surface area (Å²) in [5, 5.41) is 0.752. The number of rotatable bonds is 5. The summed E-state index contributed by atoms with van der Waals surface area (Å²) in [5.41, 5.74) is 11.5. The van der Waals surface area contributed by atoms with Gasteiger partial charge < -0.3 is 15.2 Å². The molecular formula is C21H23N3O2S. The third-order valence-corrected chi connectivity index (χ3v) is 5.38. The minimum atomic E-state index is 0.245. The quantitative estimate of drug-likeness (QED) is 0.639. The van der Waals surface area contributed by atoms with Gasteiger partial charge in [0.25, 0.3) is 0 Å². The summed E-state index contributed by atoms with van der Waals surface area (Å²) in [6.45, 7) is 6.29. The molecule has 3 rings (SSSR count). The van der Waals surface area contributed by atoms with Crippen LogP contribution in [0.5, 0.6) is 11.5 Å². The maximum atomic E-state index is 6.00. The Balaban J connectivity index is 2.04. The number of aryl methyl sites for hydroxylation is 3. The molecule has 2 N–H and O–H groups in total. The standard InChI is InChI=1S/C21H23N3O2S/c1-12-8-14(3)16(9-13(12)2)17-11-20(24-21(22)23-17)27-19-10-15(25-4)6-7-18(19)26-5/h6-11H,1-5H3,(H2,22,23,24). The highest BCUT2D eigenvalue weighted by atomic mass is 32.2. The highest BCUT2D eigenvalue weighted by Crippen LogP contribution is 2.38. The number of nitrogens with two attached hydrogens (primary N) is 1. The van der Waals surface area contributed by atoms with Crippen molar-refractivity contribution in [2.75, 3.05) is 20.0 Å². The number of nitrogen functional groups attached to an aromatic ring is 1. The largest absolute Gasteiger partial charge is 0.497 e. The number of nitrogens with zero attached hydrogens (tertiary/aromatic N) is 2. The Morgan fingerprint density at radius 2 is 1.59 bits per heavy atom. The van der Waals surface area contributed by atoms with Crippen LogP contribution in [0.2, 0.25) is 0 Å². The fourth-order valence-corrected chi connectivity index (χ4v) is 3.81. The Kier molecular flexibility index (Phi) is 5.56. The van der Waals surface area contributed by atoms with Gasteiger partial charge in [0.05, 0.1) is 24.8 Å². The van der Waals surface area contributed by atoms with E-state index in [2.05, 4.69) is 42.9 Å². The highest BCUT2D eigenvalue weighted by Gasteiger charge is 2.13. The smallest absolute Gasteiger partial charge is 0.221 e. The van der Waals surface area contributed by atoms with Crippen LogP contribution in [0.1, 0.15) is 16.7 Å². The molecule has 0 saturated heterocycles. The normalized spacial score (nSPS) is 10.7. The van der Waals surface area contributed by atoms with Crippen LogP contribution in [0.15, 0.2) is 46.3 Å². The average Bonchev–Trinajstić information content (AvgIpc) is 2.64. The Morgan fingerprint density at radius 3 is 2.30 bits per heavy atom. The van der Waals surface area contributed by atoms with E-state index in [1.807, 2.05) is 24.3 Å². The molecule has 5 nitrogen and oxygen atoms in total. The van der Waals surface area contributed by atoms with Crippen LogP contribution in [-0.4, -0.2) is 24.2 Å². The lowest BCUT2D eigenvalue weighted by Crippen LogP contribution is -1.99. The molecule has 0 aliphatic carbocycles. The van der Waals surface area contributed by atoms with Gasteiger partial charge in [-0.1, -0.05) is 17.8 Å². The molecule has 0 unspecified atom stereocenters. The lowest BCUT2D eigenvalue weighted by molar-refractivity contribution is 0.394. The number of ether oxygens (including phenoxy) is 2. The minimum absolute atomic E-state index is 0.245. The van der Waals surface area contributed by atoms with Crippen molar-refractivity contribution in [3.8, 4) is 22.8 Å². The summed E-state index contributed by atoms with van der Waals surface area (Å²) < 4.78 is 10.8. The minimum Gasteiger partial charge on any atom is -0.497 e. The fourth-order valence-electron chi connectivity index (χ4n) is 2.85. The number of methoxy groups -OCH3 is 2. The molecule has 0 saturated carbocycles. The molecule has 140 valence electrons. The molecular weight excluding hydrogens is 358 g/mol. The van der Waals surface area contributed by atoms with E-state index in [4.69, 9.17) is 15.2 Å². The number of hydrogen-bond acceptors (Lipinski definition) is 6. The summed E-state index contributed by atoms with van der Waals surface area (Å²) in [6.07, 6.45) is 0. The van der Waals surface area contributed by atoms with Gasteiger partial charge in [0.2, 0.25) is 5.95 Å². The van der Waals surface area contributed by atoms with E-state index in [1.165, 1.54) is 22.9 Å². The van der Waals surface area contributed by atoms with Crippen molar-refractivity contribution >= 4 is 17.7 Å². The van der Waals surface area contributed by atoms with Crippen molar-refractivity contribution in [1.29, 1.82) is 0 Å². The van der Waals surface area contributed by atoms with Gasteiger partial charge in [-0.3, -0.25) is 0 Å². The SMILES string of the molecule is COc1ccc(OC)c(Sc2cc(-c3cc(C)c(C)cc3C)nc(N)n2)c1. The van der Waals surface area contributed by atoms with E-state index in [0.29, 0.717) is 0 Å². The molecule has 0 aliphatic heterocycles. The molecule has 0 atom stereocenters. The number of hydrogen-bond donors (Lipinski definition) is 1. The maximum Gasteiger partial charge on any atom is 0.221 e. The first-order valence-corrected chi connectivity index (χ1v) is 9.35. The van der Waals surface area contributed by atoms with Crippen molar-refractivity contribution in [3.63, 3.8) is 0 Å². The molecule has 3 aromatic rings. The Hall–Kier alpha value is -2.73. The Labute approximate surface area is 163 Å². The monoisotopic (exact) mass is 381 g/mol. The van der Waals surface area contributed by atoms with Gasteiger partial charge in [-0.2, -0.15) is 0 Å². The van der Waals surface area contributed by atoms with Gasteiger partial charge >= 0.3 is 0 Å². The van der Waals surface area contributed by atoms with E-state index in [9.17, 15) is 0 Å². The number of anilines is 1. The van der Waals surface area contributed by atoms with E-state index < -0.39 is 0 Å². The third-order valence-electron chi connectivity index (χ3n) is 4.42. The maximum absolute atomic E-state index is 6.00. The molecule has 2 aromatic carbocycles. The molecule has 1 aromatic heterocycles. The van der Waals surface area contributed by atoms with Crippen LogP contribution in [0.4, 0.5) is 5.95 Å². The lowest BCUT2D eigenvalue weighted by Gasteiger charge is -2.12. The van der Waals surface area contributed by atoms with E-state index >= 15 is 0 Å². The summed E-state index contributed by atoms with van der Waals surface area (Å²) >= 11 is 1.47. The van der Waals surface area contributed by atoms with E-state index in [0.717, 1.165) is 38.2 Å². The van der Waals surface area contributed by atoms with Gasteiger partial charge in [-0.15, -0.1) is 0 Å². The van der Waals surface area contributed by atoms with Gasteiger partial charge in [-0.05, 0) is 67.8 Å². The molecule has 0 radical (unpaired) electrons. The summed E-state index contributed by atoms with van der Waals surface area (Å²) in [5.74, 6) is 1.75. The van der Waals surface area contributed by atoms with Crippen molar-refractivity contribution in [2.45, 2.75) is 30.7 Å². The van der Waals surface area contributed by atoms with Gasteiger partial charge in [0.1, 0.15) is 16.5 Å². The predicted octanol–water partition coefficient (Wildman–Crippen LogP) is 4.82. The first-order valence-electron chi connectivity index (χ1n) is 8.54. The lowest BCUT2D eigenvalue weighted by atomic mass is 9.99.